The summed E-state index contributed by atoms with van der Waals surface area (Å²) in [4.78, 5) is 14.8. The third-order valence-corrected chi connectivity index (χ3v) is 7.71. The summed E-state index contributed by atoms with van der Waals surface area (Å²) in [5.41, 5.74) is 8.12. The number of pyridine rings is 2. The smallest absolute Gasteiger partial charge is 0.147 e. The SMILES string of the molecule is Cc1nc2c(c3cc(-c4cccc(-n5c6ccccc6c6ccccc65)n4)c[c-]c3c3ncc(C)n32)n1C.[Ir]. The number of hydrogen-bond donors (Lipinski definition) is 0. The number of fused-ring (bicyclic) bond motifs is 9. The standard InChI is InChI=1S/C32H23N6.Ir/c1-19-18-33-31-24-16-15-21(17-25(24)30-32(37(19)31)34-20(2)36(30)3)26-11-8-14-29(35-26)38-27-12-6-4-9-22(27)23-10-5-7-13-28(23)38;/h4-15,17-18H,1-3H3;/q-1;. The van der Waals surface area contributed by atoms with E-state index in [1.807, 2.05) is 19.2 Å². The summed E-state index contributed by atoms with van der Waals surface area (Å²) in [5, 5.41) is 4.50. The Morgan fingerprint density at radius 1 is 0.769 bits per heavy atom. The maximum atomic E-state index is 5.17. The van der Waals surface area contributed by atoms with Crippen LogP contribution in [0.3, 0.4) is 0 Å². The van der Waals surface area contributed by atoms with Crippen LogP contribution in [0.15, 0.2) is 85.1 Å². The van der Waals surface area contributed by atoms with Gasteiger partial charge in [-0.25, -0.2) is 9.97 Å². The van der Waals surface area contributed by atoms with Gasteiger partial charge in [-0.05, 0) is 38.1 Å². The van der Waals surface area contributed by atoms with Crippen LogP contribution in [-0.2, 0) is 27.2 Å². The molecule has 6 nitrogen and oxygen atoms in total. The fraction of sp³-hybridized carbons (Fsp3) is 0.0938. The molecule has 0 N–H and O–H groups in total. The summed E-state index contributed by atoms with van der Waals surface area (Å²) >= 11 is 0. The van der Waals surface area contributed by atoms with Crippen molar-refractivity contribution in [3.63, 3.8) is 0 Å². The molecule has 0 fully saturated rings. The van der Waals surface area contributed by atoms with Crippen molar-refractivity contribution in [2.75, 3.05) is 0 Å². The van der Waals surface area contributed by atoms with Crippen molar-refractivity contribution in [3.8, 4) is 17.1 Å². The van der Waals surface area contributed by atoms with E-state index in [1.54, 1.807) is 0 Å². The van der Waals surface area contributed by atoms with Crippen molar-refractivity contribution < 1.29 is 20.1 Å². The van der Waals surface area contributed by atoms with Crippen LogP contribution in [-0.4, -0.2) is 28.5 Å². The van der Waals surface area contributed by atoms with E-state index < -0.39 is 0 Å². The Bertz CT molecular complexity index is 2180. The van der Waals surface area contributed by atoms with Crippen LogP contribution in [0.2, 0.25) is 0 Å². The fourth-order valence-electron chi connectivity index (χ4n) is 5.83. The van der Waals surface area contributed by atoms with Crippen molar-refractivity contribution in [1.29, 1.82) is 0 Å². The van der Waals surface area contributed by atoms with Gasteiger partial charge >= 0.3 is 0 Å². The second kappa shape index (κ2) is 8.60. The minimum Gasteiger partial charge on any atom is -0.337 e. The maximum Gasteiger partial charge on any atom is 0.147 e. The molecule has 191 valence electrons. The molecule has 0 unspecified atom stereocenters. The number of rotatable bonds is 2. The molecule has 1 radical (unpaired) electrons. The van der Waals surface area contributed by atoms with Gasteiger partial charge in [0.2, 0.25) is 0 Å². The average molecular weight is 684 g/mol. The van der Waals surface area contributed by atoms with Crippen LogP contribution >= 0.6 is 0 Å². The van der Waals surface area contributed by atoms with Gasteiger partial charge in [-0.15, -0.1) is 18.2 Å². The Balaban J connectivity index is 0.00000253. The molecule has 0 spiro atoms. The van der Waals surface area contributed by atoms with Gasteiger partial charge < -0.3 is 8.97 Å². The van der Waals surface area contributed by atoms with Gasteiger partial charge in [-0.3, -0.25) is 9.55 Å². The summed E-state index contributed by atoms with van der Waals surface area (Å²) in [6, 6.07) is 31.0. The largest absolute Gasteiger partial charge is 0.337 e. The maximum absolute atomic E-state index is 5.17. The molecule has 8 aromatic rings. The minimum atomic E-state index is 0. The van der Waals surface area contributed by atoms with Gasteiger partial charge in [-0.2, -0.15) is 0 Å². The molecule has 0 amide bonds. The van der Waals surface area contributed by atoms with Crippen LogP contribution in [0.5, 0.6) is 0 Å². The predicted molar refractivity (Wildman–Crippen MR) is 153 cm³/mol. The molecule has 5 aromatic heterocycles. The summed E-state index contributed by atoms with van der Waals surface area (Å²) in [7, 11) is 2.07. The second-order valence-electron chi connectivity index (χ2n) is 9.88. The first-order chi connectivity index (χ1) is 18.6. The predicted octanol–water partition coefficient (Wildman–Crippen LogP) is 6.95. The first-order valence-electron chi connectivity index (χ1n) is 12.7. The summed E-state index contributed by atoms with van der Waals surface area (Å²) < 4.78 is 6.52. The Labute approximate surface area is 237 Å². The number of para-hydroxylation sites is 2. The molecular formula is C32H23IrN6-. The van der Waals surface area contributed by atoms with E-state index in [9.17, 15) is 0 Å². The van der Waals surface area contributed by atoms with Gasteiger partial charge in [0, 0.05) is 61.0 Å². The molecule has 0 saturated carbocycles. The van der Waals surface area contributed by atoms with E-state index in [-0.39, 0.29) is 20.1 Å². The molecule has 0 saturated heterocycles. The summed E-state index contributed by atoms with van der Waals surface area (Å²) in [6.07, 6.45) is 1.90. The van der Waals surface area contributed by atoms with Crippen molar-refractivity contribution in [1.82, 2.24) is 28.5 Å². The zero-order valence-corrected chi connectivity index (χ0v) is 24.0. The third kappa shape index (κ3) is 3.27. The quantitative estimate of drug-likeness (QED) is 0.186. The molecule has 39 heavy (non-hydrogen) atoms. The molecule has 0 atom stereocenters. The van der Waals surface area contributed by atoms with Crippen molar-refractivity contribution in [2.24, 2.45) is 7.05 Å². The molecule has 0 aliphatic heterocycles. The Morgan fingerprint density at radius 3 is 2.23 bits per heavy atom. The topological polar surface area (TPSA) is 52.9 Å². The van der Waals surface area contributed by atoms with E-state index in [4.69, 9.17) is 15.0 Å². The summed E-state index contributed by atoms with van der Waals surface area (Å²) in [6.45, 7) is 4.10. The van der Waals surface area contributed by atoms with Crippen molar-refractivity contribution in [2.45, 2.75) is 13.8 Å². The number of aromatic nitrogens is 6. The molecule has 0 bridgehead atoms. The van der Waals surface area contributed by atoms with E-state index in [0.717, 1.165) is 67.2 Å². The third-order valence-electron chi connectivity index (χ3n) is 7.71. The number of aryl methyl sites for hydroxylation is 3. The first-order valence-corrected chi connectivity index (χ1v) is 12.7. The van der Waals surface area contributed by atoms with E-state index >= 15 is 0 Å². The number of hydrogen-bond acceptors (Lipinski definition) is 3. The molecule has 7 heteroatoms. The number of nitrogens with zero attached hydrogens (tertiary/aromatic N) is 6. The number of benzene rings is 3. The van der Waals surface area contributed by atoms with Crippen LogP contribution < -0.4 is 0 Å². The normalized spacial score (nSPS) is 11.8. The van der Waals surface area contributed by atoms with Gasteiger partial charge in [0.05, 0.1) is 16.7 Å². The first kappa shape index (κ1) is 23.8. The zero-order chi connectivity index (χ0) is 25.5. The van der Waals surface area contributed by atoms with Crippen LogP contribution in [0.4, 0.5) is 0 Å². The fourth-order valence-corrected chi connectivity index (χ4v) is 5.83. The average Bonchev–Trinajstić information content (AvgIpc) is 3.60. The molecule has 5 heterocycles. The summed E-state index contributed by atoms with van der Waals surface area (Å²) in [5.74, 6) is 1.85. The monoisotopic (exact) mass is 684 g/mol. The zero-order valence-electron chi connectivity index (χ0n) is 21.6. The van der Waals surface area contributed by atoms with Crippen LogP contribution in [0.1, 0.15) is 11.5 Å². The molecule has 0 aliphatic carbocycles. The minimum absolute atomic E-state index is 0. The molecule has 3 aromatic carbocycles. The van der Waals surface area contributed by atoms with Crippen LogP contribution in [0.25, 0.3) is 66.5 Å². The van der Waals surface area contributed by atoms with E-state index in [0.29, 0.717) is 0 Å². The van der Waals surface area contributed by atoms with Crippen LogP contribution in [0, 0.1) is 19.9 Å². The van der Waals surface area contributed by atoms with E-state index in [2.05, 4.69) is 106 Å². The van der Waals surface area contributed by atoms with E-state index in [1.165, 1.54) is 10.8 Å². The molecule has 0 aliphatic rings. The van der Waals surface area contributed by atoms with Gasteiger partial charge in [0.25, 0.3) is 0 Å². The Hall–Kier alpha value is -4.32. The number of imidazole rings is 2. The van der Waals surface area contributed by atoms with Gasteiger partial charge in [-0.1, -0.05) is 58.8 Å². The Kier molecular flexibility index (Phi) is 5.24. The molecule has 8 rings (SSSR count). The second-order valence-corrected chi connectivity index (χ2v) is 9.88. The van der Waals surface area contributed by atoms with Crippen molar-refractivity contribution in [3.05, 3.63) is 103 Å². The van der Waals surface area contributed by atoms with Gasteiger partial charge in [0.1, 0.15) is 17.3 Å². The Morgan fingerprint density at radius 2 is 1.49 bits per heavy atom. The molecular weight excluding hydrogens is 661 g/mol. The van der Waals surface area contributed by atoms with Crippen molar-refractivity contribution >= 4 is 49.4 Å². The van der Waals surface area contributed by atoms with Gasteiger partial charge in [0.15, 0.2) is 0 Å².